The molecule has 6 heteroatoms. The van der Waals surface area contributed by atoms with Gasteiger partial charge in [0.05, 0.1) is 13.2 Å². The molecule has 0 bridgehead atoms. The van der Waals surface area contributed by atoms with Crippen molar-refractivity contribution >= 4 is 5.97 Å². The number of carbonyl (C=O) groups is 1. The van der Waals surface area contributed by atoms with Crippen molar-refractivity contribution in [2.24, 2.45) is 0 Å². The van der Waals surface area contributed by atoms with Crippen LogP contribution in [0.25, 0.3) is 0 Å². The number of hydrogen-bond acceptors (Lipinski definition) is 3. The summed E-state index contributed by atoms with van der Waals surface area (Å²) in [7, 11) is 1.25. The Balaban J connectivity index is 2.96. The van der Waals surface area contributed by atoms with E-state index >= 15 is 0 Å². The highest BCUT2D eigenvalue weighted by Crippen LogP contribution is 2.25. The molecule has 0 aliphatic carbocycles. The van der Waals surface area contributed by atoms with Gasteiger partial charge in [0.1, 0.15) is 6.04 Å². The molecule has 0 spiro atoms. The Bertz CT molecular complexity index is 406. The van der Waals surface area contributed by atoms with Crippen LogP contribution in [0.4, 0.5) is 13.2 Å². The van der Waals surface area contributed by atoms with Crippen LogP contribution >= 0.6 is 0 Å². The van der Waals surface area contributed by atoms with Crippen LogP contribution in [0.1, 0.15) is 18.5 Å². The van der Waals surface area contributed by atoms with E-state index in [9.17, 15) is 18.0 Å². The summed E-state index contributed by atoms with van der Waals surface area (Å²) >= 11 is 0. The van der Waals surface area contributed by atoms with Crippen molar-refractivity contribution in [1.82, 2.24) is 4.90 Å². The first-order valence-corrected chi connectivity index (χ1v) is 5.83. The third kappa shape index (κ3) is 4.90. The summed E-state index contributed by atoms with van der Waals surface area (Å²) in [6.07, 6.45) is -4.37. The van der Waals surface area contributed by atoms with Crippen molar-refractivity contribution in [2.75, 3.05) is 20.2 Å². The summed E-state index contributed by atoms with van der Waals surface area (Å²) in [6.45, 7) is 0.567. The second-order valence-electron chi connectivity index (χ2n) is 4.10. The Labute approximate surface area is 110 Å². The molecule has 19 heavy (non-hydrogen) atoms. The molecule has 0 N–H and O–H groups in total. The van der Waals surface area contributed by atoms with Crippen LogP contribution in [-0.4, -0.2) is 37.2 Å². The first kappa shape index (κ1) is 15.5. The van der Waals surface area contributed by atoms with Gasteiger partial charge in [0, 0.05) is 0 Å². The van der Waals surface area contributed by atoms with E-state index in [1.54, 1.807) is 37.3 Å². The lowest BCUT2D eigenvalue weighted by molar-refractivity contribution is -0.162. The van der Waals surface area contributed by atoms with Crippen LogP contribution in [0.5, 0.6) is 0 Å². The monoisotopic (exact) mass is 275 g/mol. The summed E-state index contributed by atoms with van der Waals surface area (Å²) in [6, 6.07) is 7.23. The molecule has 1 atom stereocenters. The first-order valence-electron chi connectivity index (χ1n) is 5.83. The Morgan fingerprint density at radius 1 is 1.32 bits per heavy atom. The SMILES string of the molecule is CCOC(=O)C(c1ccccc1)N(C)CC(F)(F)F. The maximum Gasteiger partial charge on any atom is 0.401 e. The second kappa shape index (κ2) is 6.56. The molecule has 0 saturated carbocycles. The number of carbonyl (C=O) groups excluding carboxylic acids is 1. The molecule has 3 nitrogen and oxygen atoms in total. The van der Waals surface area contributed by atoms with E-state index in [2.05, 4.69) is 0 Å². The average Bonchev–Trinajstić information content (AvgIpc) is 2.28. The number of likely N-dealkylation sites (N-methyl/N-ethyl adjacent to an activating group) is 1. The number of ether oxygens (including phenoxy) is 1. The van der Waals surface area contributed by atoms with Crippen LogP contribution in [0.3, 0.4) is 0 Å². The number of rotatable bonds is 5. The molecular formula is C13H16F3NO2. The van der Waals surface area contributed by atoms with Gasteiger partial charge in [0.25, 0.3) is 0 Å². The van der Waals surface area contributed by atoms with Gasteiger partial charge in [0.15, 0.2) is 0 Å². The van der Waals surface area contributed by atoms with Crippen molar-refractivity contribution in [3.8, 4) is 0 Å². The standard InChI is InChI=1S/C13H16F3NO2/c1-3-19-12(18)11(10-7-5-4-6-8-10)17(2)9-13(14,15)16/h4-8,11H,3,9H2,1-2H3. The summed E-state index contributed by atoms with van der Waals surface area (Å²) in [5.41, 5.74) is 0.479. The highest BCUT2D eigenvalue weighted by molar-refractivity contribution is 5.77. The van der Waals surface area contributed by atoms with Crippen LogP contribution in [-0.2, 0) is 9.53 Å². The second-order valence-corrected chi connectivity index (χ2v) is 4.10. The van der Waals surface area contributed by atoms with Gasteiger partial charge in [-0.25, -0.2) is 4.79 Å². The Morgan fingerprint density at radius 3 is 2.37 bits per heavy atom. The van der Waals surface area contributed by atoms with Gasteiger partial charge in [-0.1, -0.05) is 30.3 Å². The topological polar surface area (TPSA) is 29.5 Å². The molecule has 0 aromatic heterocycles. The van der Waals surface area contributed by atoms with Crippen LogP contribution in [0.15, 0.2) is 30.3 Å². The zero-order valence-electron chi connectivity index (χ0n) is 10.8. The van der Waals surface area contributed by atoms with Gasteiger partial charge in [0.2, 0.25) is 0 Å². The fourth-order valence-electron chi connectivity index (χ4n) is 1.80. The fraction of sp³-hybridized carbons (Fsp3) is 0.462. The largest absolute Gasteiger partial charge is 0.465 e. The molecule has 1 unspecified atom stereocenters. The minimum Gasteiger partial charge on any atom is -0.465 e. The molecular weight excluding hydrogens is 259 g/mol. The molecule has 0 amide bonds. The molecule has 0 heterocycles. The maximum atomic E-state index is 12.4. The smallest absolute Gasteiger partial charge is 0.401 e. The normalized spacial score (nSPS) is 13.4. The third-order valence-electron chi connectivity index (χ3n) is 2.49. The summed E-state index contributed by atoms with van der Waals surface area (Å²) in [5, 5.41) is 0. The van der Waals surface area contributed by atoms with Gasteiger partial charge in [-0.2, -0.15) is 13.2 Å². The molecule has 0 aliphatic heterocycles. The molecule has 1 rings (SSSR count). The molecule has 0 fully saturated rings. The van der Waals surface area contributed by atoms with E-state index in [4.69, 9.17) is 4.74 Å². The summed E-state index contributed by atoms with van der Waals surface area (Å²) in [5.74, 6) is -0.680. The van der Waals surface area contributed by atoms with E-state index in [0.717, 1.165) is 4.90 Å². The van der Waals surface area contributed by atoms with E-state index in [1.165, 1.54) is 7.05 Å². The van der Waals surface area contributed by atoms with E-state index in [1.807, 2.05) is 0 Å². The quantitative estimate of drug-likeness (QED) is 0.774. The summed E-state index contributed by atoms with van der Waals surface area (Å²) in [4.78, 5) is 12.8. The number of esters is 1. The fourth-order valence-corrected chi connectivity index (χ4v) is 1.80. The van der Waals surface area contributed by atoms with Crippen molar-refractivity contribution in [3.05, 3.63) is 35.9 Å². The predicted octanol–water partition coefficient (Wildman–Crippen LogP) is 2.78. The van der Waals surface area contributed by atoms with Crippen molar-refractivity contribution in [2.45, 2.75) is 19.1 Å². The van der Waals surface area contributed by atoms with Crippen molar-refractivity contribution in [3.63, 3.8) is 0 Å². The van der Waals surface area contributed by atoms with Crippen LogP contribution in [0, 0.1) is 0 Å². The molecule has 0 aliphatic rings. The van der Waals surface area contributed by atoms with Gasteiger partial charge in [-0.15, -0.1) is 0 Å². The van der Waals surface area contributed by atoms with Gasteiger partial charge in [-0.3, -0.25) is 4.90 Å². The van der Waals surface area contributed by atoms with Crippen molar-refractivity contribution < 1.29 is 22.7 Å². The Kier molecular flexibility index (Phi) is 5.35. The zero-order chi connectivity index (χ0) is 14.5. The van der Waals surface area contributed by atoms with Gasteiger partial charge in [-0.05, 0) is 19.5 Å². The Hall–Kier alpha value is -1.56. The number of alkyl halides is 3. The molecule has 1 aromatic rings. The van der Waals surface area contributed by atoms with E-state index in [0.29, 0.717) is 5.56 Å². The van der Waals surface area contributed by atoms with Crippen LogP contribution < -0.4 is 0 Å². The molecule has 0 radical (unpaired) electrons. The lowest BCUT2D eigenvalue weighted by atomic mass is 10.1. The molecule has 1 aromatic carbocycles. The Morgan fingerprint density at radius 2 is 1.89 bits per heavy atom. The minimum absolute atomic E-state index is 0.127. The number of hydrogen-bond donors (Lipinski definition) is 0. The number of halogens is 3. The number of nitrogens with zero attached hydrogens (tertiary/aromatic N) is 1. The predicted molar refractivity (Wildman–Crippen MR) is 64.5 cm³/mol. The molecule has 0 saturated heterocycles. The molecule has 106 valence electrons. The van der Waals surface area contributed by atoms with E-state index < -0.39 is 24.7 Å². The maximum absolute atomic E-state index is 12.4. The van der Waals surface area contributed by atoms with Gasteiger partial charge < -0.3 is 4.74 Å². The number of benzene rings is 1. The highest BCUT2D eigenvalue weighted by atomic mass is 19.4. The van der Waals surface area contributed by atoms with E-state index in [-0.39, 0.29) is 6.61 Å². The average molecular weight is 275 g/mol. The highest BCUT2D eigenvalue weighted by Gasteiger charge is 2.35. The zero-order valence-corrected chi connectivity index (χ0v) is 10.8. The lowest BCUT2D eigenvalue weighted by Crippen LogP contribution is -2.38. The van der Waals surface area contributed by atoms with Crippen molar-refractivity contribution in [1.29, 1.82) is 0 Å². The van der Waals surface area contributed by atoms with Gasteiger partial charge >= 0.3 is 12.1 Å². The summed E-state index contributed by atoms with van der Waals surface area (Å²) < 4.78 is 42.2. The lowest BCUT2D eigenvalue weighted by Gasteiger charge is -2.27. The van der Waals surface area contributed by atoms with Crippen LogP contribution in [0.2, 0.25) is 0 Å². The minimum atomic E-state index is -4.37. The third-order valence-corrected chi connectivity index (χ3v) is 2.49. The first-order chi connectivity index (χ1) is 8.85.